The number of benzene rings is 1. The van der Waals surface area contributed by atoms with Crippen LogP contribution < -0.4 is 5.56 Å². The van der Waals surface area contributed by atoms with Crippen molar-refractivity contribution >= 4 is 17.5 Å². The Morgan fingerprint density at radius 2 is 2.07 bits per heavy atom. The van der Waals surface area contributed by atoms with Gasteiger partial charge in [0, 0.05) is 18.4 Å². The SMILES string of the molecule is Cc1nc2nc[nH]n2c(=O)c1CCSc1nnc(-c2ccccc2F)n1C. The predicted molar refractivity (Wildman–Crippen MR) is 99.2 cm³/mol. The zero-order chi connectivity index (χ0) is 19.0. The van der Waals surface area contributed by atoms with Gasteiger partial charge in [-0.3, -0.25) is 9.89 Å². The summed E-state index contributed by atoms with van der Waals surface area (Å²) in [4.78, 5) is 20.8. The molecule has 0 atom stereocenters. The zero-order valence-electron chi connectivity index (χ0n) is 14.7. The maximum absolute atomic E-state index is 14.0. The number of H-pyrrole nitrogens is 1. The van der Waals surface area contributed by atoms with Gasteiger partial charge in [-0.2, -0.15) is 4.52 Å². The Hall–Kier alpha value is -3.01. The minimum absolute atomic E-state index is 0.152. The third kappa shape index (κ3) is 3.12. The first kappa shape index (κ1) is 17.4. The molecule has 0 saturated heterocycles. The third-order valence-electron chi connectivity index (χ3n) is 4.27. The van der Waals surface area contributed by atoms with E-state index in [-0.39, 0.29) is 11.4 Å². The normalized spacial score (nSPS) is 11.4. The number of halogens is 1. The van der Waals surface area contributed by atoms with Crippen molar-refractivity contribution in [3.63, 3.8) is 0 Å². The Labute approximate surface area is 157 Å². The lowest BCUT2D eigenvalue weighted by atomic mass is 10.2. The van der Waals surface area contributed by atoms with Gasteiger partial charge in [0.05, 0.1) is 11.3 Å². The molecule has 3 heterocycles. The average molecular weight is 385 g/mol. The molecule has 3 aromatic heterocycles. The average Bonchev–Trinajstić information content (AvgIpc) is 3.25. The van der Waals surface area contributed by atoms with Crippen molar-refractivity contribution in [1.29, 1.82) is 0 Å². The number of aromatic amines is 1. The summed E-state index contributed by atoms with van der Waals surface area (Å²) in [5.74, 6) is 1.09. The van der Waals surface area contributed by atoms with Crippen molar-refractivity contribution in [3.8, 4) is 11.4 Å². The molecule has 138 valence electrons. The van der Waals surface area contributed by atoms with E-state index in [4.69, 9.17) is 0 Å². The number of aromatic nitrogens is 7. The van der Waals surface area contributed by atoms with Crippen LogP contribution in [-0.4, -0.2) is 40.1 Å². The van der Waals surface area contributed by atoms with Crippen LogP contribution in [0.25, 0.3) is 17.2 Å². The van der Waals surface area contributed by atoms with E-state index in [1.165, 1.54) is 28.7 Å². The van der Waals surface area contributed by atoms with Gasteiger partial charge in [0.2, 0.25) is 0 Å². The number of hydrogen-bond acceptors (Lipinski definition) is 6. The Kier molecular flexibility index (Phi) is 4.48. The predicted octanol–water partition coefficient (Wildman–Crippen LogP) is 2.00. The fraction of sp³-hybridized carbons (Fsp3) is 0.235. The molecule has 10 heteroatoms. The monoisotopic (exact) mass is 385 g/mol. The van der Waals surface area contributed by atoms with E-state index in [0.717, 1.165) is 0 Å². The standard InChI is InChI=1S/C17H16FN7OS/c1-10-11(15(26)25-16(21-10)19-9-20-25)7-8-27-17-23-22-14(24(17)2)12-5-3-4-6-13(12)18/h3-6,9H,7-8H2,1-2H3,(H,19,20,21). The van der Waals surface area contributed by atoms with Gasteiger partial charge >= 0.3 is 0 Å². The van der Waals surface area contributed by atoms with E-state index in [0.29, 0.717) is 45.8 Å². The zero-order valence-corrected chi connectivity index (χ0v) is 15.5. The van der Waals surface area contributed by atoms with Gasteiger partial charge in [0.15, 0.2) is 11.0 Å². The lowest BCUT2D eigenvalue weighted by Gasteiger charge is -2.06. The minimum atomic E-state index is -0.341. The molecule has 4 aromatic rings. The second-order valence-corrected chi connectivity index (χ2v) is 7.01. The van der Waals surface area contributed by atoms with Crippen LogP contribution in [0, 0.1) is 12.7 Å². The molecule has 0 aliphatic carbocycles. The lowest BCUT2D eigenvalue weighted by molar-refractivity contribution is 0.628. The summed E-state index contributed by atoms with van der Waals surface area (Å²) in [6.45, 7) is 1.80. The summed E-state index contributed by atoms with van der Waals surface area (Å²) in [7, 11) is 1.79. The molecule has 0 saturated carbocycles. The number of thioether (sulfide) groups is 1. The van der Waals surface area contributed by atoms with Crippen LogP contribution in [0.1, 0.15) is 11.3 Å². The van der Waals surface area contributed by atoms with Crippen molar-refractivity contribution in [1.82, 2.24) is 34.3 Å². The Morgan fingerprint density at radius 3 is 2.89 bits per heavy atom. The third-order valence-corrected chi connectivity index (χ3v) is 5.29. The van der Waals surface area contributed by atoms with Crippen LogP contribution in [0.5, 0.6) is 0 Å². The van der Waals surface area contributed by atoms with Gasteiger partial charge < -0.3 is 4.57 Å². The first-order chi connectivity index (χ1) is 13.1. The van der Waals surface area contributed by atoms with Crippen LogP contribution in [0.4, 0.5) is 4.39 Å². The number of hydrogen-bond donors (Lipinski definition) is 1. The van der Waals surface area contributed by atoms with Gasteiger partial charge in [-0.1, -0.05) is 23.9 Å². The summed E-state index contributed by atoms with van der Waals surface area (Å²) < 4.78 is 17.1. The second kappa shape index (κ2) is 6.95. The molecule has 0 aliphatic heterocycles. The van der Waals surface area contributed by atoms with Crippen LogP contribution >= 0.6 is 11.8 Å². The summed E-state index contributed by atoms with van der Waals surface area (Å²) in [6.07, 6.45) is 1.96. The van der Waals surface area contributed by atoms with Crippen LogP contribution in [0.3, 0.4) is 0 Å². The molecule has 1 N–H and O–H groups in total. The Bertz CT molecular complexity index is 1180. The highest BCUT2D eigenvalue weighted by atomic mass is 32.2. The van der Waals surface area contributed by atoms with Gasteiger partial charge in [-0.25, -0.2) is 14.4 Å². The highest BCUT2D eigenvalue weighted by molar-refractivity contribution is 7.99. The molecule has 0 bridgehead atoms. The topological polar surface area (TPSA) is 93.8 Å². The van der Waals surface area contributed by atoms with Crippen molar-refractivity contribution in [2.75, 3.05) is 5.75 Å². The van der Waals surface area contributed by atoms with E-state index < -0.39 is 0 Å². The van der Waals surface area contributed by atoms with Gasteiger partial charge in [0.1, 0.15) is 12.1 Å². The fourth-order valence-electron chi connectivity index (χ4n) is 2.85. The quantitative estimate of drug-likeness (QED) is 0.528. The van der Waals surface area contributed by atoms with E-state index in [1.54, 1.807) is 36.7 Å². The second-order valence-electron chi connectivity index (χ2n) is 5.95. The highest BCUT2D eigenvalue weighted by Crippen LogP contribution is 2.25. The van der Waals surface area contributed by atoms with E-state index in [2.05, 4.69) is 25.3 Å². The van der Waals surface area contributed by atoms with Crippen LogP contribution in [0.2, 0.25) is 0 Å². The van der Waals surface area contributed by atoms with E-state index >= 15 is 0 Å². The van der Waals surface area contributed by atoms with Crippen molar-refractivity contribution in [2.45, 2.75) is 18.5 Å². The number of aryl methyl sites for hydroxylation is 1. The number of nitrogens with zero attached hydrogens (tertiary/aromatic N) is 6. The smallest absolute Gasteiger partial charge is 0.277 e. The van der Waals surface area contributed by atoms with Crippen LogP contribution in [-0.2, 0) is 13.5 Å². The van der Waals surface area contributed by atoms with Crippen molar-refractivity contribution in [2.24, 2.45) is 7.05 Å². The van der Waals surface area contributed by atoms with Crippen LogP contribution in [0.15, 0.2) is 40.5 Å². The molecular weight excluding hydrogens is 369 g/mol. The first-order valence-electron chi connectivity index (χ1n) is 8.25. The number of fused-ring (bicyclic) bond motifs is 1. The van der Waals surface area contributed by atoms with Gasteiger partial charge in [0.25, 0.3) is 11.3 Å². The minimum Gasteiger partial charge on any atom is -0.305 e. The molecule has 0 fully saturated rings. The summed E-state index contributed by atoms with van der Waals surface area (Å²) >= 11 is 1.45. The molecular formula is C17H16FN7OS. The molecule has 27 heavy (non-hydrogen) atoms. The number of rotatable bonds is 5. The van der Waals surface area contributed by atoms with Crippen molar-refractivity contribution < 1.29 is 4.39 Å². The summed E-state index contributed by atoms with van der Waals surface area (Å²) in [5, 5.41) is 11.7. The first-order valence-corrected chi connectivity index (χ1v) is 9.23. The summed E-state index contributed by atoms with van der Waals surface area (Å²) in [6, 6.07) is 6.46. The highest BCUT2D eigenvalue weighted by Gasteiger charge is 2.15. The molecule has 8 nitrogen and oxygen atoms in total. The summed E-state index contributed by atoms with van der Waals surface area (Å²) in [5.41, 5.74) is 1.54. The van der Waals surface area contributed by atoms with Crippen molar-refractivity contribution in [3.05, 3.63) is 58.0 Å². The molecule has 0 amide bonds. The molecule has 4 rings (SSSR count). The maximum atomic E-state index is 14.0. The maximum Gasteiger partial charge on any atom is 0.277 e. The largest absolute Gasteiger partial charge is 0.305 e. The number of nitrogens with one attached hydrogen (secondary N) is 1. The molecule has 0 spiro atoms. The van der Waals surface area contributed by atoms with E-state index in [9.17, 15) is 9.18 Å². The molecule has 0 unspecified atom stereocenters. The molecule has 1 aromatic carbocycles. The Morgan fingerprint density at radius 1 is 1.26 bits per heavy atom. The van der Waals surface area contributed by atoms with E-state index in [1.807, 2.05) is 0 Å². The van der Waals surface area contributed by atoms with Gasteiger partial charge in [-0.15, -0.1) is 10.2 Å². The fourth-order valence-corrected chi connectivity index (χ4v) is 3.71. The molecule has 0 radical (unpaired) electrons. The van der Waals surface area contributed by atoms with Gasteiger partial charge in [-0.05, 0) is 25.5 Å². The molecule has 0 aliphatic rings. The lowest BCUT2D eigenvalue weighted by Crippen LogP contribution is -2.22. The Balaban J connectivity index is 1.52.